The predicted molar refractivity (Wildman–Crippen MR) is 103 cm³/mol. The topological polar surface area (TPSA) is 117 Å². The SMILES string of the molecule is O=C1CCC(C2NCc3cc(C(=O)NC(=O)c4ccc(C(F)(F)F)nc4)ccc32)C(=O)N1. The molecule has 1 aromatic carbocycles. The third kappa shape index (κ3) is 4.24. The Morgan fingerprint density at radius 3 is 2.44 bits per heavy atom. The highest BCUT2D eigenvalue weighted by molar-refractivity contribution is 6.10. The van der Waals surface area contributed by atoms with Gasteiger partial charge in [0.1, 0.15) is 5.69 Å². The first kappa shape index (κ1) is 21.6. The zero-order valence-electron chi connectivity index (χ0n) is 16.5. The number of alkyl halides is 3. The third-order valence-corrected chi connectivity index (χ3v) is 5.48. The second kappa shape index (κ2) is 8.15. The van der Waals surface area contributed by atoms with Crippen LogP contribution in [0.3, 0.4) is 0 Å². The number of carbonyl (C=O) groups excluding carboxylic acids is 4. The summed E-state index contributed by atoms with van der Waals surface area (Å²) in [5.41, 5.74) is 0.456. The molecule has 11 heteroatoms. The van der Waals surface area contributed by atoms with Gasteiger partial charge in [-0.1, -0.05) is 6.07 Å². The molecule has 4 rings (SSSR count). The molecule has 3 N–H and O–H groups in total. The van der Waals surface area contributed by atoms with E-state index < -0.39 is 29.6 Å². The summed E-state index contributed by atoms with van der Waals surface area (Å²) >= 11 is 0. The van der Waals surface area contributed by atoms with Gasteiger partial charge in [-0.15, -0.1) is 0 Å². The lowest BCUT2D eigenvalue weighted by Crippen LogP contribution is -2.44. The van der Waals surface area contributed by atoms with Gasteiger partial charge in [-0.25, -0.2) is 0 Å². The summed E-state index contributed by atoms with van der Waals surface area (Å²) in [4.78, 5) is 51.4. The molecule has 0 bridgehead atoms. The fourth-order valence-electron chi connectivity index (χ4n) is 3.86. The van der Waals surface area contributed by atoms with Crippen LogP contribution in [-0.2, 0) is 22.3 Å². The average Bonchev–Trinajstić information content (AvgIpc) is 3.16. The van der Waals surface area contributed by atoms with Crippen LogP contribution in [0.2, 0.25) is 0 Å². The molecular formula is C21H17F3N4O4. The molecule has 32 heavy (non-hydrogen) atoms. The van der Waals surface area contributed by atoms with Gasteiger partial charge in [0.15, 0.2) is 0 Å². The van der Waals surface area contributed by atoms with Gasteiger partial charge in [0.05, 0.1) is 11.5 Å². The Labute approximate surface area is 179 Å². The molecule has 2 atom stereocenters. The Kier molecular flexibility index (Phi) is 5.51. The number of halogens is 3. The van der Waals surface area contributed by atoms with E-state index in [0.717, 1.165) is 23.4 Å². The van der Waals surface area contributed by atoms with E-state index in [9.17, 15) is 32.3 Å². The van der Waals surface area contributed by atoms with Crippen molar-refractivity contribution < 1.29 is 32.3 Å². The normalized spacial score (nSPS) is 20.5. The quantitative estimate of drug-likeness (QED) is 0.620. The van der Waals surface area contributed by atoms with Gasteiger partial charge in [-0.2, -0.15) is 13.2 Å². The average molecular weight is 446 g/mol. The largest absolute Gasteiger partial charge is 0.433 e. The lowest BCUT2D eigenvalue weighted by Gasteiger charge is -2.26. The van der Waals surface area contributed by atoms with Gasteiger partial charge >= 0.3 is 6.18 Å². The highest BCUT2D eigenvalue weighted by atomic mass is 19.4. The van der Waals surface area contributed by atoms with Crippen molar-refractivity contribution in [1.29, 1.82) is 0 Å². The molecular weight excluding hydrogens is 429 g/mol. The van der Waals surface area contributed by atoms with E-state index in [1.807, 2.05) is 0 Å². The van der Waals surface area contributed by atoms with Crippen LogP contribution in [0.5, 0.6) is 0 Å². The number of imide groups is 2. The summed E-state index contributed by atoms with van der Waals surface area (Å²) in [5.74, 6) is -2.66. The minimum Gasteiger partial charge on any atom is -0.305 e. The Morgan fingerprint density at radius 2 is 1.78 bits per heavy atom. The summed E-state index contributed by atoms with van der Waals surface area (Å²) in [5, 5.41) is 7.67. The van der Waals surface area contributed by atoms with Crippen LogP contribution in [0, 0.1) is 5.92 Å². The first-order valence-electron chi connectivity index (χ1n) is 9.72. The summed E-state index contributed by atoms with van der Waals surface area (Å²) in [6.07, 6.45) is -3.21. The summed E-state index contributed by atoms with van der Waals surface area (Å²) in [7, 11) is 0. The first-order chi connectivity index (χ1) is 15.1. The van der Waals surface area contributed by atoms with Crippen molar-refractivity contribution in [3.8, 4) is 0 Å². The second-order valence-corrected chi connectivity index (χ2v) is 7.54. The zero-order chi connectivity index (χ0) is 23.0. The molecule has 1 saturated heterocycles. The number of aromatic nitrogens is 1. The molecule has 2 aliphatic heterocycles. The standard InChI is InChI=1S/C21H17F3N4O4/c22-21(23,24)15-5-2-11(8-25-15)19(31)28-18(30)10-1-3-13-12(7-10)9-26-17(13)14-4-6-16(29)27-20(14)32/h1-3,5,7-8,14,17,26H,4,6,9H2,(H,27,29,32)(H,28,30,31). The Hall–Kier alpha value is -3.60. The van der Waals surface area contributed by atoms with Crippen molar-refractivity contribution in [3.05, 3.63) is 64.5 Å². The van der Waals surface area contributed by atoms with Crippen molar-refractivity contribution in [1.82, 2.24) is 20.9 Å². The monoisotopic (exact) mass is 446 g/mol. The number of amides is 4. The van der Waals surface area contributed by atoms with Gasteiger partial charge in [-0.05, 0) is 41.8 Å². The second-order valence-electron chi connectivity index (χ2n) is 7.54. The minimum absolute atomic E-state index is 0.183. The predicted octanol–water partition coefficient (Wildman–Crippen LogP) is 1.87. The molecule has 2 aliphatic rings. The zero-order valence-corrected chi connectivity index (χ0v) is 16.5. The number of nitrogens with one attached hydrogen (secondary N) is 3. The number of pyridine rings is 1. The molecule has 0 spiro atoms. The van der Waals surface area contributed by atoms with Gasteiger partial charge in [0.2, 0.25) is 11.8 Å². The number of hydrogen-bond donors (Lipinski definition) is 3. The molecule has 0 radical (unpaired) electrons. The summed E-state index contributed by atoms with van der Waals surface area (Å²) < 4.78 is 37.8. The molecule has 3 heterocycles. The van der Waals surface area contributed by atoms with E-state index in [4.69, 9.17) is 0 Å². The molecule has 8 nitrogen and oxygen atoms in total. The van der Waals surface area contributed by atoms with Crippen molar-refractivity contribution in [2.24, 2.45) is 5.92 Å². The van der Waals surface area contributed by atoms with Gasteiger partial charge in [-0.3, -0.25) is 34.8 Å². The van der Waals surface area contributed by atoms with E-state index >= 15 is 0 Å². The van der Waals surface area contributed by atoms with E-state index in [2.05, 4.69) is 20.9 Å². The van der Waals surface area contributed by atoms with Gasteiger partial charge in [0.25, 0.3) is 11.8 Å². The van der Waals surface area contributed by atoms with Crippen LogP contribution in [0.4, 0.5) is 13.2 Å². The van der Waals surface area contributed by atoms with Crippen LogP contribution < -0.4 is 16.0 Å². The van der Waals surface area contributed by atoms with Crippen molar-refractivity contribution in [2.45, 2.75) is 31.6 Å². The fourth-order valence-corrected chi connectivity index (χ4v) is 3.86. The molecule has 1 aromatic heterocycles. The Bertz CT molecular complexity index is 1120. The van der Waals surface area contributed by atoms with Crippen LogP contribution in [0.25, 0.3) is 0 Å². The number of carbonyl (C=O) groups is 4. The highest BCUT2D eigenvalue weighted by Gasteiger charge is 2.37. The van der Waals surface area contributed by atoms with Crippen LogP contribution in [-0.4, -0.2) is 28.6 Å². The van der Waals surface area contributed by atoms with E-state index in [1.54, 1.807) is 12.1 Å². The highest BCUT2D eigenvalue weighted by Crippen LogP contribution is 2.35. The first-order valence-corrected chi connectivity index (χ1v) is 9.72. The van der Waals surface area contributed by atoms with Gasteiger partial charge in [0, 0.05) is 30.8 Å². The Morgan fingerprint density at radius 1 is 1.06 bits per heavy atom. The number of rotatable bonds is 3. The summed E-state index contributed by atoms with van der Waals surface area (Å²) in [6.45, 7) is 0.398. The molecule has 0 aliphatic carbocycles. The lowest BCUT2D eigenvalue weighted by atomic mass is 9.86. The molecule has 0 saturated carbocycles. The maximum absolute atomic E-state index is 12.6. The number of benzene rings is 1. The number of hydrogen-bond acceptors (Lipinski definition) is 6. The smallest absolute Gasteiger partial charge is 0.305 e. The Balaban J connectivity index is 1.45. The maximum Gasteiger partial charge on any atom is 0.433 e. The van der Waals surface area contributed by atoms with E-state index in [0.29, 0.717) is 19.0 Å². The van der Waals surface area contributed by atoms with E-state index in [1.165, 1.54) is 6.07 Å². The molecule has 4 amide bonds. The number of nitrogens with zero attached hydrogens (tertiary/aromatic N) is 1. The van der Waals surface area contributed by atoms with Crippen molar-refractivity contribution in [3.63, 3.8) is 0 Å². The fraction of sp³-hybridized carbons (Fsp3) is 0.286. The van der Waals surface area contributed by atoms with Crippen LogP contribution in [0.1, 0.15) is 56.4 Å². The van der Waals surface area contributed by atoms with Crippen molar-refractivity contribution in [2.75, 3.05) is 0 Å². The third-order valence-electron chi connectivity index (χ3n) is 5.48. The molecule has 2 aromatic rings. The number of piperidine rings is 1. The lowest BCUT2D eigenvalue weighted by molar-refractivity contribution is -0.141. The van der Waals surface area contributed by atoms with E-state index in [-0.39, 0.29) is 35.4 Å². The minimum atomic E-state index is -4.63. The summed E-state index contributed by atoms with van der Waals surface area (Å²) in [6, 6.07) is 6.07. The maximum atomic E-state index is 12.6. The van der Waals surface area contributed by atoms with Crippen LogP contribution >= 0.6 is 0 Å². The van der Waals surface area contributed by atoms with Gasteiger partial charge < -0.3 is 5.32 Å². The molecule has 2 unspecified atom stereocenters. The number of fused-ring (bicyclic) bond motifs is 1. The molecule has 1 fully saturated rings. The molecule has 166 valence electrons. The van der Waals surface area contributed by atoms with Crippen molar-refractivity contribution >= 4 is 23.6 Å². The van der Waals surface area contributed by atoms with Crippen LogP contribution in [0.15, 0.2) is 36.5 Å².